The van der Waals surface area contributed by atoms with E-state index < -0.39 is 0 Å². The number of nitrogens with one attached hydrogen (secondary N) is 1. The first-order valence-corrected chi connectivity index (χ1v) is 6.43. The molecule has 0 amide bonds. The lowest BCUT2D eigenvalue weighted by atomic mass is 9.98. The minimum atomic E-state index is 0.314. The quantitative estimate of drug-likeness (QED) is 0.831. The van der Waals surface area contributed by atoms with E-state index in [1.807, 2.05) is 7.05 Å². The molecule has 0 bridgehead atoms. The molecule has 1 aromatic rings. The Morgan fingerprint density at radius 3 is 2.76 bits per heavy atom. The zero-order valence-corrected chi connectivity index (χ0v) is 10.5. The van der Waals surface area contributed by atoms with Crippen LogP contribution in [0.2, 0.25) is 0 Å². The molecule has 1 aromatic carbocycles. The van der Waals surface area contributed by atoms with E-state index in [2.05, 4.69) is 34.5 Å². The van der Waals surface area contributed by atoms with Crippen LogP contribution in [-0.4, -0.2) is 31.9 Å². The molecular formula is C14H22N2O. The molecule has 1 aliphatic rings. The minimum Gasteiger partial charge on any atom is -0.396 e. The summed E-state index contributed by atoms with van der Waals surface area (Å²) in [5, 5.41) is 12.4. The van der Waals surface area contributed by atoms with E-state index in [0.717, 1.165) is 26.1 Å². The third kappa shape index (κ3) is 3.20. The lowest BCUT2D eigenvalue weighted by Gasteiger charge is -2.33. The summed E-state index contributed by atoms with van der Waals surface area (Å²) in [5.74, 6) is 0.445. The average Bonchev–Trinajstić information content (AvgIpc) is 2.40. The Balaban J connectivity index is 2.01. The molecule has 2 rings (SSSR count). The van der Waals surface area contributed by atoms with Crippen LogP contribution in [0.1, 0.15) is 18.4 Å². The van der Waals surface area contributed by atoms with E-state index in [1.54, 1.807) is 0 Å². The first-order chi connectivity index (χ1) is 8.33. The standard InChI is InChI=1S/C14H22N2O/c1-15-9-12-4-6-14(7-5-12)16-8-2-3-13(10-16)11-17/h4-7,13,15,17H,2-3,8-11H2,1H3. The molecule has 0 radical (unpaired) electrons. The highest BCUT2D eigenvalue weighted by Crippen LogP contribution is 2.23. The third-order valence-electron chi connectivity index (χ3n) is 3.46. The van der Waals surface area contributed by atoms with E-state index in [4.69, 9.17) is 0 Å². The molecule has 1 heterocycles. The van der Waals surface area contributed by atoms with E-state index >= 15 is 0 Å². The summed E-state index contributed by atoms with van der Waals surface area (Å²) in [6.07, 6.45) is 2.34. The molecule has 0 spiro atoms. The number of rotatable bonds is 4. The lowest BCUT2D eigenvalue weighted by molar-refractivity contribution is 0.209. The lowest BCUT2D eigenvalue weighted by Crippen LogP contribution is -2.36. The van der Waals surface area contributed by atoms with Crippen molar-refractivity contribution >= 4 is 5.69 Å². The van der Waals surface area contributed by atoms with Crippen molar-refractivity contribution in [2.24, 2.45) is 5.92 Å². The van der Waals surface area contributed by atoms with Gasteiger partial charge < -0.3 is 15.3 Å². The van der Waals surface area contributed by atoms with Crippen LogP contribution in [0.25, 0.3) is 0 Å². The molecule has 3 heteroatoms. The van der Waals surface area contributed by atoms with Crippen LogP contribution in [0, 0.1) is 5.92 Å². The maximum atomic E-state index is 9.23. The van der Waals surface area contributed by atoms with Crippen molar-refractivity contribution in [2.45, 2.75) is 19.4 Å². The fourth-order valence-electron chi connectivity index (χ4n) is 2.48. The van der Waals surface area contributed by atoms with Gasteiger partial charge in [-0.05, 0) is 43.5 Å². The predicted molar refractivity (Wildman–Crippen MR) is 71.2 cm³/mol. The van der Waals surface area contributed by atoms with Crippen LogP contribution in [0.4, 0.5) is 5.69 Å². The molecule has 0 aliphatic carbocycles. The van der Waals surface area contributed by atoms with Gasteiger partial charge in [0.25, 0.3) is 0 Å². The number of piperidine rings is 1. The van der Waals surface area contributed by atoms with Gasteiger partial charge in [-0.1, -0.05) is 12.1 Å². The Hall–Kier alpha value is -1.06. The van der Waals surface area contributed by atoms with E-state index in [-0.39, 0.29) is 0 Å². The second-order valence-electron chi connectivity index (χ2n) is 4.83. The Morgan fingerprint density at radius 1 is 1.35 bits per heavy atom. The third-order valence-corrected chi connectivity index (χ3v) is 3.46. The van der Waals surface area contributed by atoms with Gasteiger partial charge in [0.2, 0.25) is 0 Å². The summed E-state index contributed by atoms with van der Waals surface area (Å²) in [6.45, 7) is 3.33. The van der Waals surface area contributed by atoms with E-state index in [0.29, 0.717) is 12.5 Å². The van der Waals surface area contributed by atoms with Gasteiger partial charge in [0, 0.05) is 31.9 Å². The smallest absolute Gasteiger partial charge is 0.0476 e. The Morgan fingerprint density at radius 2 is 2.12 bits per heavy atom. The van der Waals surface area contributed by atoms with Gasteiger partial charge in [-0.2, -0.15) is 0 Å². The summed E-state index contributed by atoms with van der Waals surface area (Å²) in [7, 11) is 1.96. The SMILES string of the molecule is CNCc1ccc(N2CCCC(CO)C2)cc1. The largest absolute Gasteiger partial charge is 0.396 e. The predicted octanol–water partition coefficient (Wildman–Crippen LogP) is 1.61. The Kier molecular flexibility index (Phi) is 4.40. The molecule has 17 heavy (non-hydrogen) atoms. The summed E-state index contributed by atoms with van der Waals surface area (Å²) in [4.78, 5) is 2.38. The van der Waals surface area contributed by atoms with Gasteiger partial charge >= 0.3 is 0 Å². The monoisotopic (exact) mass is 234 g/mol. The molecule has 1 unspecified atom stereocenters. The van der Waals surface area contributed by atoms with Crippen LogP contribution in [-0.2, 0) is 6.54 Å². The highest BCUT2D eigenvalue weighted by molar-refractivity contribution is 5.48. The topological polar surface area (TPSA) is 35.5 Å². The molecule has 2 N–H and O–H groups in total. The van der Waals surface area contributed by atoms with Crippen LogP contribution in [0.5, 0.6) is 0 Å². The second-order valence-corrected chi connectivity index (χ2v) is 4.83. The zero-order valence-electron chi connectivity index (χ0n) is 10.5. The normalized spacial score (nSPS) is 20.6. The molecule has 1 saturated heterocycles. The Bertz CT molecular complexity index is 337. The molecule has 0 aromatic heterocycles. The Labute approximate surface area is 103 Å². The van der Waals surface area contributed by atoms with Crippen LogP contribution in [0.15, 0.2) is 24.3 Å². The first-order valence-electron chi connectivity index (χ1n) is 6.43. The number of nitrogens with zero attached hydrogens (tertiary/aromatic N) is 1. The maximum Gasteiger partial charge on any atom is 0.0476 e. The van der Waals surface area contributed by atoms with Gasteiger partial charge in [0.05, 0.1) is 0 Å². The van der Waals surface area contributed by atoms with Crippen molar-refractivity contribution in [3.8, 4) is 0 Å². The average molecular weight is 234 g/mol. The number of hydrogen-bond acceptors (Lipinski definition) is 3. The van der Waals surface area contributed by atoms with Gasteiger partial charge in [-0.25, -0.2) is 0 Å². The highest BCUT2D eigenvalue weighted by Gasteiger charge is 2.19. The van der Waals surface area contributed by atoms with Crippen molar-refractivity contribution in [2.75, 3.05) is 31.6 Å². The molecular weight excluding hydrogens is 212 g/mol. The number of anilines is 1. The summed E-state index contributed by atoms with van der Waals surface area (Å²) in [6, 6.07) is 8.72. The first kappa shape index (κ1) is 12.4. The second kappa shape index (κ2) is 6.03. The van der Waals surface area contributed by atoms with Gasteiger partial charge in [0.1, 0.15) is 0 Å². The van der Waals surface area contributed by atoms with Gasteiger partial charge in [-0.3, -0.25) is 0 Å². The number of hydrogen-bond donors (Lipinski definition) is 2. The molecule has 1 fully saturated rings. The fourth-order valence-corrected chi connectivity index (χ4v) is 2.48. The maximum absolute atomic E-state index is 9.23. The fraction of sp³-hybridized carbons (Fsp3) is 0.571. The van der Waals surface area contributed by atoms with Gasteiger partial charge in [0.15, 0.2) is 0 Å². The number of aliphatic hydroxyl groups excluding tert-OH is 1. The van der Waals surface area contributed by atoms with E-state index in [1.165, 1.54) is 17.7 Å². The van der Waals surface area contributed by atoms with Crippen molar-refractivity contribution in [1.82, 2.24) is 5.32 Å². The molecule has 1 atom stereocenters. The number of benzene rings is 1. The van der Waals surface area contributed by atoms with Crippen molar-refractivity contribution in [3.05, 3.63) is 29.8 Å². The molecule has 1 aliphatic heterocycles. The van der Waals surface area contributed by atoms with Crippen molar-refractivity contribution in [1.29, 1.82) is 0 Å². The summed E-state index contributed by atoms with van der Waals surface area (Å²) < 4.78 is 0. The zero-order chi connectivity index (χ0) is 12.1. The minimum absolute atomic E-state index is 0.314. The van der Waals surface area contributed by atoms with Crippen molar-refractivity contribution < 1.29 is 5.11 Å². The van der Waals surface area contributed by atoms with Crippen molar-refractivity contribution in [3.63, 3.8) is 0 Å². The number of aliphatic hydroxyl groups is 1. The van der Waals surface area contributed by atoms with Crippen LogP contribution >= 0.6 is 0 Å². The molecule has 0 saturated carbocycles. The molecule has 94 valence electrons. The highest BCUT2D eigenvalue weighted by atomic mass is 16.3. The van der Waals surface area contributed by atoms with Gasteiger partial charge in [-0.15, -0.1) is 0 Å². The summed E-state index contributed by atoms with van der Waals surface area (Å²) >= 11 is 0. The summed E-state index contributed by atoms with van der Waals surface area (Å²) in [5.41, 5.74) is 2.59. The molecule has 3 nitrogen and oxygen atoms in total. The van der Waals surface area contributed by atoms with E-state index in [9.17, 15) is 5.11 Å². The van der Waals surface area contributed by atoms with Crippen LogP contribution in [0.3, 0.4) is 0 Å². The van der Waals surface area contributed by atoms with Crippen LogP contribution < -0.4 is 10.2 Å².